The van der Waals surface area contributed by atoms with E-state index in [0.29, 0.717) is 34.2 Å². The van der Waals surface area contributed by atoms with Crippen molar-refractivity contribution in [3.05, 3.63) is 95.1 Å². The van der Waals surface area contributed by atoms with Crippen molar-refractivity contribution in [3.8, 4) is 11.5 Å². The van der Waals surface area contributed by atoms with E-state index in [0.717, 1.165) is 17.0 Å². The van der Waals surface area contributed by atoms with Crippen LogP contribution in [0.3, 0.4) is 0 Å². The first-order valence-electron chi connectivity index (χ1n) is 9.20. The van der Waals surface area contributed by atoms with Crippen molar-refractivity contribution >= 4 is 23.4 Å². The summed E-state index contributed by atoms with van der Waals surface area (Å²) in [5.41, 5.74) is 2.02. The standard InChI is InChI=1S/C22H18ClN3O3S/c23-17-6-10-20(11-7-17)28-14-21-25-26-22(29-21)30-15-16-4-8-19(9-5-16)27-13-18-3-1-2-12-24-18/h1-12H,13-15H2. The van der Waals surface area contributed by atoms with Crippen LogP contribution < -0.4 is 9.47 Å². The van der Waals surface area contributed by atoms with Crippen molar-refractivity contribution in [2.24, 2.45) is 0 Å². The van der Waals surface area contributed by atoms with E-state index in [1.54, 1.807) is 30.5 Å². The summed E-state index contributed by atoms with van der Waals surface area (Å²) in [5, 5.41) is 9.22. The van der Waals surface area contributed by atoms with Gasteiger partial charge < -0.3 is 13.9 Å². The highest BCUT2D eigenvalue weighted by Gasteiger charge is 2.08. The third-order valence-corrected chi connectivity index (χ3v) is 5.16. The van der Waals surface area contributed by atoms with E-state index < -0.39 is 0 Å². The fourth-order valence-electron chi connectivity index (χ4n) is 2.50. The molecule has 0 fully saturated rings. The molecule has 152 valence electrons. The van der Waals surface area contributed by atoms with Crippen molar-refractivity contribution < 1.29 is 13.9 Å². The highest BCUT2D eigenvalue weighted by Crippen LogP contribution is 2.24. The average molecular weight is 440 g/mol. The first-order chi connectivity index (χ1) is 14.7. The molecule has 0 radical (unpaired) electrons. The number of rotatable bonds is 9. The van der Waals surface area contributed by atoms with Gasteiger partial charge >= 0.3 is 0 Å². The van der Waals surface area contributed by atoms with Gasteiger partial charge in [-0.15, -0.1) is 10.2 Å². The van der Waals surface area contributed by atoms with E-state index in [2.05, 4.69) is 15.2 Å². The number of pyridine rings is 1. The van der Waals surface area contributed by atoms with Crippen LogP contribution in [0.2, 0.25) is 5.02 Å². The Morgan fingerprint density at radius 3 is 2.30 bits per heavy atom. The topological polar surface area (TPSA) is 70.3 Å². The molecule has 4 rings (SSSR count). The maximum absolute atomic E-state index is 5.86. The Balaban J connectivity index is 1.23. The van der Waals surface area contributed by atoms with Gasteiger partial charge in [-0.2, -0.15) is 0 Å². The zero-order valence-electron chi connectivity index (χ0n) is 15.9. The molecule has 0 amide bonds. The molecule has 0 aliphatic carbocycles. The van der Waals surface area contributed by atoms with Gasteiger partial charge in [0.1, 0.15) is 18.1 Å². The minimum Gasteiger partial charge on any atom is -0.487 e. The van der Waals surface area contributed by atoms with Crippen LogP contribution in [0.15, 0.2) is 82.6 Å². The van der Waals surface area contributed by atoms with Gasteiger partial charge in [-0.1, -0.05) is 41.6 Å². The highest BCUT2D eigenvalue weighted by atomic mass is 35.5. The molecule has 30 heavy (non-hydrogen) atoms. The molecule has 2 heterocycles. The first-order valence-corrected chi connectivity index (χ1v) is 10.6. The zero-order chi connectivity index (χ0) is 20.6. The maximum atomic E-state index is 5.86. The molecule has 0 spiro atoms. The van der Waals surface area contributed by atoms with Crippen molar-refractivity contribution in [3.63, 3.8) is 0 Å². The zero-order valence-corrected chi connectivity index (χ0v) is 17.5. The second kappa shape index (κ2) is 10.1. The number of nitrogens with zero attached hydrogens (tertiary/aromatic N) is 3. The summed E-state index contributed by atoms with van der Waals surface area (Å²) in [6.07, 6.45) is 1.76. The smallest absolute Gasteiger partial charge is 0.277 e. The summed E-state index contributed by atoms with van der Waals surface area (Å²) in [5.74, 6) is 2.62. The summed E-state index contributed by atoms with van der Waals surface area (Å²) < 4.78 is 17.0. The minimum atomic E-state index is 0.206. The number of hydrogen-bond acceptors (Lipinski definition) is 7. The van der Waals surface area contributed by atoms with Gasteiger partial charge in [0.2, 0.25) is 0 Å². The molecule has 0 bridgehead atoms. The normalized spacial score (nSPS) is 10.7. The number of halogens is 1. The van der Waals surface area contributed by atoms with Gasteiger partial charge in [0.15, 0.2) is 6.61 Å². The van der Waals surface area contributed by atoms with E-state index >= 15 is 0 Å². The van der Waals surface area contributed by atoms with Crippen LogP contribution >= 0.6 is 23.4 Å². The Bertz CT molecular complexity index is 1060. The molecule has 0 atom stereocenters. The van der Waals surface area contributed by atoms with E-state index in [9.17, 15) is 0 Å². The molecule has 2 aromatic carbocycles. The summed E-state index contributed by atoms with van der Waals surface area (Å²) in [4.78, 5) is 4.24. The minimum absolute atomic E-state index is 0.206. The molecule has 0 unspecified atom stereocenters. The van der Waals surface area contributed by atoms with Crippen molar-refractivity contribution in [1.29, 1.82) is 0 Å². The van der Waals surface area contributed by atoms with Crippen LogP contribution in [0.4, 0.5) is 0 Å². The van der Waals surface area contributed by atoms with Gasteiger partial charge in [0, 0.05) is 17.0 Å². The molecule has 0 aliphatic heterocycles. The summed E-state index contributed by atoms with van der Waals surface area (Å²) >= 11 is 7.33. The SMILES string of the molecule is Clc1ccc(OCc2nnc(SCc3ccc(OCc4ccccn4)cc3)o2)cc1. The van der Waals surface area contributed by atoms with Gasteiger partial charge in [0.05, 0.1) is 5.69 Å². The van der Waals surface area contributed by atoms with Crippen LogP contribution in [0.25, 0.3) is 0 Å². The Morgan fingerprint density at radius 1 is 0.833 bits per heavy atom. The molecule has 4 aromatic rings. The predicted molar refractivity (Wildman–Crippen MR) is 115 cm³/mol. The Morgan fingerprint density at radius 2 is 1.57 bits per heavy atom. The van der Waals surface area contributed by atoms with Gasteiger partial charge in [-0.05, 0) is 54.1 Å². The largest absolute Gasteiger partial charge is 0.487 e. The van der Waals surface area contributed by atoms with Crippen molar-refractivity contribution in [1.82, 2.24) is 15.2 Å². The molecule has 8 heteroatoms. The lowest BCUT2D eigenvalue weighted by atomic mass is 10.2. The molecular weight excluding hydrogens is 422 g/mol. The summed E-state index contributed by atoms with van der Waals surface area (Å²) in [6.45, 7) is 0.648. The van der Waals surface area contributed by atoms with Crippen LogP contribution in [0, 0.1) is 0 Å². The first kappa shape index (κ1) is 20.3. The molecule has 6 nitrogen and oxygen atoms in total. The average Bonchev–Trinajstić information content (AvgIpc) is 3.25. The Hall–Kier alpha value is -3.03. The van der Waals surface area contributed by atoms with Crippen LogP contribution in [0.1, 0.15) is 17.1 Å². The highest BCUT2D eigenvalue weighted by molar-refractivity contribution is 7.98. The summed E-state index contributed by atoms with van der Waals surface area (Å²) in [7, 11) is 0. The Labute approximate surface area is 183 Å². The molecular formula is C22H18ClN3O3S. The number of thioether (sulfide) groups is 1. The van der Waals surface area contributed by atoms with E-state index in [4.69, 9.17) is 25.5 Å². The third kappa shape index (κ3) is 5.98. The van der Waals surface area contributed by atoms with Crippen LogP contribution in [0.5, 0.6) is 11.5 Å². The van der Waals surface area contributed by atoms with Crippen molar-refractivity contribution in [2.75, 3.05) is 0 Å². The lowest BCUT2D eigenvalue weighted by Crippen LogP contribution is -1.97. The third-order valence-electron chi connectivity index (χ3n) is 4.02. The second-order valence-corrected chi connectivity index (χ2v) is 7.61. The fraction of sp³-hybridized carbons (Fsp3) is 0.136. The van der Waals surface area contributed by atoms with E-state index in [1.165, 1.54) is 11.8 Å². The van der Waals surface area contributed by atoms with Gasteiger partial charge in [0.25, 0.3) is 11.1 Å². The molecule has 0 N–H and O–H groups in total. The monoisotopic (exact) mass is 439 g/mol. The van der Waals surface area contributed by atoms with Crippen LogP contribution in [-0.4, -0.2) is 15.2 Å². The molecule has 2 aromatic heterocycles. The number of hydrogen-bond donors (Lipinski definition) is 0. The van der Waals surface area contributed by atoms with Crippen molar-refractivity contribution in [2.45, 2.75) is 24.2 Å². The van der Waals surface area contributed by atoms with Gasteiger partial charge in [-0.3, -0.25) is 4.98 Å². The number of ether oxygens (including phenoxy) is 2. The van der Waals surface area contributed by atoms with E-state index in [1.807, 2.05) is 42.5 Å². The van der Waals surface area contributed by atoms with E-state index in [-0.39, 0.29) is 6.61 Å². The second-order valence-electron chi connectivity index (χ2n) is 6.25. The quantitative estimate of drug-likeness (QED) is 0.316. The molecule has 0 saturated heterocycles. The molecule has 0 saturated carbocycles. The van der Waals surface area contributed by atoms with Gasteiger partial charge in [-0.25, -0.2) is 0 Å². The fourth-order valence-corrected chi connectivity index (χ4v) is 3.36. The van der Waals surface area contributed by atoms with Crippen LogP contribution in [-0.2, 0) is 19.0 Å². The lowest BCUT2D eigenvalue weighted by molar-refractivity contribution is 0.252. The summed E-state index contributed by atoms with van der Waals surface area (Å²) in [6, 6.07) is 20.8. The molecule has 0 aliphatic rings. The number of benzene rings is 2. The Kier molecular flexibility index (Phi) is 6.84. The lowest BCUT2D eigenvalue weighted by Gasteiger charge is -2.06. The number of aromatic nitrogens is 3. The maximum Gasteiger partial charge on any atom is 0.277 e. The predicted octanol–water partition coefficient (Wildman–Crippen LogP) is 5.57.